The van der Waals surface area contributed by atoms with Gasteiger partial charge in [-0.15, -0.1) is 0 Å². The van der Waals surface area contributed by atoms with Crippen molar-refractivity contribution in [1.82, 2.24) is 10.2 Å². The lowest BCUT2D eigenvalue weighted by Crippen LogP contribution is -2.57. The molecule has 1 aliphatic rings. The van der Waals surface area contributed by atoms with Gasteiger partial charge in [0.1, 0.15) is 18.7 Å². The smallest absolute Gasteiger partial charge is 0.411 e. The van der Waals surface area contributed by atoms with Crippen LogP contribution in [0.4, 0.5) is 10.5 Å². The zero-order valence-corrected chi connectivity index (χ0v) is 23.5. The summed E-state index contributed by atoms with van der Waals surface area (Å²) in [4.78, 5) is 64.3. The first-order chi connectivity index (χ1) is 20.7. The molecule has 3 atom stereocenters. The first-order valence-corrected chi connectivity index (χ1v) is 13.7. The van der Waals surface area contributed by atoms with Gasteiger partial charge in [-0.2, -0.15) is 0 Å². The summed E-state index contributed by atoms with van der Waals surface area (Å²) in [5, 5.41) is 13.8. The van der Waals surface area contributed by atoms with Crippen molar-refractivity contribution in [1.29, 1.82) is 0 Å². The van der Waals surface area contributed by atoms with Crippen LogP contribution < -0.4 is 11.1 Å². The Morgan fingerprint density at radius 1 is 0.977 bits per heavy atom. The highest BCUT2D eigenvalue weighted by molar-refractivity contribution is 5.92. The fourth-order valence-corrected chi connectivity index (χ4v) is 5.04. The van der Waals surface area contributed by atoms with Crippen molar-refractivity contribution in [2.45, 2.75) is 50.9 Å². The number of nitro benzene ring substituents is 1. The average Bonchev–Trinajstić information content (AvgIpc) is 3.01. The van der Waals surface area contributed by atoms with Crippen LogP contribution in [0, 0.1) is 10.1 Å². The molecule has 0 saturated heterocycles. The van der Waals surface area contributed by atoms with Crippen LogP contribution in [-0.4, -0.2) is 52.4 Å². The number of primary amides is 1. The number of ether oxygens (including phenoxy) is 2. The highest BCUT2D eigenvalue weighted by atomic mass is 16.6. The van der Waals surface area contributed by atoms with Crippen LogP contribution in [0.1, 0.15) is 41.5 Å². The van der Waals surface area contributed by atoms with E-state index in [0.29, 0.717) is 5.56 Å². The van der Waals surface area contributed by atoms with Crippen LogP contribution in [0.15, 0.2) is 78.9 Å². The number of nitro groups is 1. The molecule has 1 aliphatic heterocycles. The van der Waals surface area contributed by atoms with Crippen LogP contribution >= 0.6 is 0 Å². The van der Waals surface area contributed by atoms with Gasteiger partial charge in [-0.1, -0.05) is 66.7 Å². The van der Waals surface area contributed by atoms with Crippen molar-refractivity contribution in [3.63, 3.8) is 0 Å². The maximum atomic E-state index is 13.8. The number of esters is 1. The van der Waals surface area contributed by atoms with E-state index in [1.807, 2.05) is 54.6 Å². The van der Waals surface area contributed by atoms with E-state index in [4.69, 9.17) is 15.2 Å². The third-order valence-electron chi connectivity index (χ3n) is 7.22. The maximum Gasteiger partial charge on any atom is 0.411 e. The first kappa shape index (κ1) is 30.7. The number of hydrogen-bond donors (Lipinski definition) is 2. The van der Waals surface area contributed by atoms with Gasteiger partial charge in [-0.05, 0) is 29.2 Å². The van der Waals surface area contributed by atoms with Gasteiger partial charge >= 0.3 is 12.1 Å². The van der Waals surface area contributed by atoms with Crippen LogP contribution in [0.3, 0.4) is 0 Å². The molecule has 0 spiro atoms. The third kappa shape index (κ3) is 7.73. The van der Waals surface area contributed by atoms with E-state index in [1.165, 1.54) is 29.2 Å². The highest BCUT2D eigenvalue weighted by Gasteiger charge is 2.39. The Labute approximate surface area is 247 Å². The number of fused-ring (bicyclic) bond motifs is 1. The first-order valence-electron chi connectivity index (χ1n) is 13.7. The number of nitrogens with one attached hydrogen (secondary N) is 1. The second-order valence-corrected chi connectivity index (χ2v) is 10.0. The molecule has 3 aromatic rings. The molecule has 3 N–H and O–H groups in total. The molecular formula is C31H32N4O8. The number of amides is 3. The minimum Gasteiger partial charge on any atom is -0.466 e. The number of rotatable bonds is 11. The Morgan fingerprint density at radius 2 is 1.63 bits per heavy atom. The summed E-state index contributed by atoms with van der Waals surface area (Å²) in [6, 6.07) is 19.3. The standard InChI is InChI=1S/C31H32N4O8/c1-2-42-27(36)17-25(21-12-14-24(15-13-21)35(40)41)28(29(32)37)33-30(38)26-16-22-10-6-7-11-23(22)18-34(26)31(39)43-19-20-8-4-3-5-9-20/h3-15,25-26,28H,2,16-19H2,1H3,(H2,32,37)(H,33,38)/t25-,26+,28+/m1/s1. The Hall–Kier alpha value is -5.26. The lowest BCUT2D eigenvalue weighted by molar-refractivity contribution is -0.384. The second-order valence-electron chi connectivity index (χ2n) is 10.0. The van der Waals surface area contributed by atoms with Crippen molar-refractivity contribution >= 4 is 29.6 Å². The number of carbonyl (C=O) groups excluding carboxylic acids is 4. The predicted molar refractivity (Wildman–Crippen MR) is 154 cm³/mol. The topological polar surface area (TPSA) is 171 Å². The Kier molecular flexibility index (Phi) is 10.0. The summed E-state index contributed by atoms with van der Waals surface area (Å²) >= 11 is 0. The Bertz CT molecular complexity index is 1480. The third-order valence-corrected chi connectivity index (χ3v) is 7.22. The number of carbonyl (C=O) groups is 4. The largest absolute Gasteiger partial charge is 0.466 e. The van der Waals surface area contributed by atoms with Crippen molar-refractivity contribution < 1.29 is 33.6 Å². The van der Waals surface area contributed by atoms with Gasteiger partial charge in [0, 0.05) is 24.5 Å². The molecule has 12 nitrogen and oxygen atoms in total. The van der Waals surface area contributed by atoms with Crippen molar-refractivity contribution in [3.05, 3.63) is 111 Å². The number of nitrogens with zero attached hydrogens (tertiary/aromatic N) is 2. The lowest BCUT2D eigenvalue weighted by Gasteiger charge is -2.36. The normalized spacial score (nSPS) is 15.4. The molecule has 0 radical (unpaired) electrons. The maximum absolute atomic E-state index is 13.8. The minimum atomic E-state index is -1.40. The molecule has 3 aromatic carbocycles. The van der Waals surface area contributed by atoms with Gasteiger partial charge in [0.15, 0.2) is 0 Å². The molecule has 12 heteroatoms. The van der Waals surface area contributed by atoms with Crippen LogP contribution in [0.2, 0.25) is 0 Å². The van der Waals surface area contributed by atoms with Gasteiger partial charge in [-0.25, -0.2) is 4.79 Å². The minimum absolute atomic E-state index is 0.00215. The van der Waals surface area contributed by atoms with Gasteiger partial charge < -0.3 is 20.5 Å². The Morgan fingerprint density at radius 3 is 2.26 bits per heavy atom. The fraction of sp³-hybridized carbons (Fsp3) is 0.290. The molecule has 224 valence electrons. The fourth-order valence-electron chi connectivity index (χ4n) is 5.04. The summed E-state index contributed by atoms with van der Waals surface area (Å²) in [5.74, 6) is -3.26. The van der Waals surface area contributed by atoms with Gasteiger partial charge in [0.05, 0.1) is 24.5 Å². The van der Waals surface area contributed by atoms with Crippen LogP contribution in [0.5, 0.6) is 0 Å². The van der Waals surface area contributed by atoms with Gasteiger partial charge in [0.2, 0.25) is 11.8 Å². The molecule has 0 fully saturated rings. The highest BCUT2D eigenvalue weighted by Crippen LogP contribution is 2.29. The summed E-state index contributed by atoms with van der Waals surface area (Å²) in [6.45, 7) is 1.80. The number of benzene rings is 3. The zero-order valence-electron chi connectivity index (χ0n) is 23.5. The van der Waals surface area contributed by atoms with Crippen LogP contribution in [0.25, 0.3) is 0 Å². The van der Waals surface area contributed by atoms with E-state index >= 15 is 0 Å². The van der Waals surface area contributed by atoms with Crippen molar-refractivity contribution in [3.8, 4) is 0 Å². The quantitative estimate of drug-likeness (QED) is 0.195. The molecule has 0 bridgehead atoms. The zero-order chi connectivity index (χ0) is 30.9. The number of non-ortho nitro benzene ring substituents is 1. The molecular weight excluding hydrogens is 556 g/mol. The average molecular weight is 589 g/mol. The summed E-state index contributed by atoms with van der Waals surface area (Å²) in [7, 11) is 0. The van der Waals surface area contributed by atoms with E-state index in [1.54, 1.807) is 6.92 Å². The second kappa shape index (κ2) is 14.1. The van der Waals surface area contributed by atoms with Gasteiger partial charge in [0.25, 0.3) is 5.69 Å². The Balaban J connectivity index is 1.61. The molecule has 4 rings (SSSR count). The van der Waals surface area contributed by atoms with Crippen molar-refractivity contribution in [2.24, 2.45) is 5.73 Å². The molecule has 0 saturated carbocycles. The summed E-state index contributed by atoms with van der Waals surface area (Å²) in [6.07, 6.45) is -0.906. The van der Waals surface area contributed by atoms with E-state index in [9.17, 15) is 29.3 Å². The van der Waals surface area contributed by atoms with E-state index in [-0.39, 0.29) is 38.3 Å². The molecule has 0 unspecified atom stereocenters. The molecule has 43 heavy (non-hydrogen) atoms. The molecule has 3 amide bonds. The van der Waals surface area contributed by atoms with E-state index in [2.05, 4.69) is 5.32 Å². The monoisotopic (exact) mass is 588 g/mol. The van der Waals surface area contributed by atoms with E-state index < -0.39 is 46.8 Å². The predicted octanol–water partition coefficient (Wildman–Crippen LogP) is 3.37. The summed E-state index contributed by atoms with van der Waals surface area (Å²) in [5.41, 5.74) is 8.38. The lowest BCUT2D eigenvalue weighted by atomic mass is 9.87. The number of nitrogens with two attached hydrogens (primary N) is 1. The van der Waals surface area contributed by atoms with Crippen LogP contribution in [-0.2, 0) is 43.4 Å². The summed E-state index contributed by atoms with van der Waals surface area (Å²) < 4.78 is 10.6. The SMILES string of the molecule is CCOC(=O)C[C@H](c1ccc([N+](=O)[O-])cc1)[C@H](NC(=O)[C@@H]1Cc2ccccc2CN1C(=O)OCc1ccccc1)C(N)=O. The molecule has 1 heterocycles. The molecule has 0 aromatic heterocycles. The van der Waals surface area contributed by atoms with Crippen molar-refractivity contribution in [2.75, 3.05) is 6.61 Å². The molecule has 0 aliphatic carbocycles. The van der Waals surface area contributed by atoms with Gasteiger partial charge in [-0.3, -0.25) is 29.4 Å². The number of hydrogen-bond acceptors (Lipinski definition) is 8. The van der Waals surface area contributed by atoms with E-state index in [0.717, 1.165) is 16.7 Å².